The number of rotatable bonds is 7. The molecule has 2 aromatic rings. The highest BCUT2D eigenvalue weighted by Gasteiger charge is 2.05. The van der Waals surface area contributed by atoms with Crippen molar-refractivity contribution in [3.05, 3.63) is 65.7 Å². The van der Waals surface area contributed by atoms with Gasteiger partial charge in [-0.05, 0) is 36.1 Å². The molecule has 0 aliphatic heterocycles. The Labute approximate surface area is 168 Å². The largest absolute Gasteiger partial charge is 0.497 e. The first-order chi connectivity index (χ1) is 11.7. The van der Waals surface area contributed by atoms with Gasteiger partial charge in [-0.2, -0.15) is 0 Å². The van der Waals surface area contributed by atoms with Crippen molar-refractivity contribution in [1.29, 1.82) is 0 Å². The second-order valence-electron chi connectivity index (χ2n) is 5.77. The molecule has 0 spiro atoms. The molecule has 0 saturated heterocycles. The molecule has 0 aliphatic carbocycles. The van der Waals surface area contributed by atoms with E-state index in [1.807, 2.05) is 25.2 Å². The summed E-state index contributed by atoms with van der Waals surface area (Å²) in [5.74, 6) is 1.83. The highest BCUT2D eigenvalue weighted by molar-refractivity contribution is 14.0. The predicted octanol–water partition coefficient (Wildman–Crippen LogP) is 3.95. The summed E-state index contributed by atoms with van der Waals surface area (Å²) in [6, 6.07) is 18.7. The number of hydrogen-bond acceptors (Lipinski definition) is 2. The number of benzene rings is 2. The summed E-state index contributed by atoms with van der Waals surface area (Å²) in [6.07, 6.45) is 2.10. The van der Waals surface area contributed by atoms with E-state index in [9.17, 15) is 0 Å². The lowest BCUT2D eigenvalue weighted by atomic mass is 10.1. The van der Waals surface area contributed by atoms with Gasteiger partial charge >= 0.3 is 0 Å². The molecule has 2 aromatic carbocycles. The van der Waals surface area contributed by atoms with E-state index in [1.165, 1.54) is 11.1 Å². The molecule has 0 amide bonds. The van der Waals surface area contributed by atoms with Crippen molar-refractivity contribution >= 4 is 29.9 Å². The normalized spacial score (nSPS) is 10.8. The van der Waals surface area contributed by atoms with Crippen LogP contribution in [0.2, 0.25) is 0 Å². The first kappa shape index (κ1) is 21.3. The zero-order valence-electron chi connectivity index (χ0n) is 15.2. The number of nitrogens with one attached hydrogen (secondary N) is 1. The molecule has 0 aliphatic rings. The Morgan fingerprint density at radius 3 is 2.32 bits per heavy atom. The summed E-state index contributed by atoms with van der Waals surface area (Å²) in [6.45, 7) is 1.75. The van der Waals surface area contributed by atoms with Crippen molar-refractivity contribution in [3.63, 3.8) is 0 Å². The lowest BCUT2D eigenvalue weighted by Gasteiger charge is -2.22. The van der Waals surface area contributed by atoms with Gasteiger partial charge in [-0.3, -0.25) is 4.99 Å². The molecule has 0 fully saturated rings. The number of methoxy groups -OCH3 is 1. The quantitative estimate of drug-likeness (QED) is 0.299. The second-order valence-corrected chi connectivity index (χ2v) is 5.77. The second kappa shape index (κ2) is 11.7. The van der Waals surface area contributed by atoms with Gasteiger partial charge in [0.25, 0.3) is 0 Å². The zero-order valence-corrected chi connectivity index (χ0v) is 17.6. The van der Waals surface area contributed by atoms with Gasteiger partial charge in [0, 0.05) is 27.2 Å². The monoisotopic (exact) mass is 453 g/mol. The third-order valence-electron chi connectivity index (χ3n) is 3.92. The van der Waals surface area contributed by atoms with Gasteiger partial charge < -0.3 is 15.0 Å². The van der Waals surface area contributed by atoms with Crippen molar-refractivity contribution in [2.75, 3.05) is 27.7 Å². The molecule has 0 aromatic heterocycles. The van der Waals surface area contributed by atoms with Crippen LogP contribution in [0.4, 0.5) is 0 Å². The maximum absolute atomic E-state index is 5.18. The number of nitrogens with zero attached hydrogens (tertiary/aromatic N) is 2. The number of aliphatic imine (C=N–C) groups is 1. The van der Waals surface area contributed by atoms with Crippen molar-refractivity contribution in [2.45, 2.75) is 19.4 Å². The highest BCUT2D eigenvalue weighted by atomic mass is 127. The molecule has 136 valence electrons. The van der Waals surface area contributed by atoms with Crippen LogP contribution in [0.3, 0.4) is 0 Å². The number of aryl methyl sites for hydroxylation is 1. The fraction of sp³-hybridized carbons (Fsp3) is 0.350. The topological polar surface area (TPSA) is 36.9 Å². The third-order valence-corrected chi connectivity index (χ3v) is 3.92. The van der Waals surface area contributed by atoms with E-state index < -0.39 is 0 Å². The van der Waals surface area contributed by atoms with Gasteiger partial charge in [0.2, 0.25) is 0 Å². The van der Waals surface area contributed by atoms with Crippen LogP contribution >= 0.6 is 24.0 Å². The molecule has 2 rings (SSSR count). The Bertz CT molecular complexity index is 629. The van der Waals surface area contributed by atoms with Crippen LogP contribution in [0, 0.1) is 0 Å². The lowest BCUT2D eigenvalue weighted by Crippen LogP contribution is -2.38. The van der Waals surface area contributed by atoms with E-state index in [0.717, 1.165) is 37.6 Å². The van der Waals surface area contributed by atoms with E-state index in [0.29, 0.717) is 0 Å². The van der Waals surface area contributed by atoms with Gasteiger partial charge in [0.05, 0.1) is 7.11 Å². The molecule has 0 saturated carbocycles. The van der Waals surface area contributed by atoms with Crippen LogP contribution in [0.15, 0.2) is 59.6 Å². The highest BCUT2D eigenvalue weighted by Crippen LogP contribution is 2.12. The molecule has 0 unspecified atom stereocenters. The summed E-state index contributed by atoms with van der Waals surface area (Å²) < 4.78 is 5.18. The lowest BCUT2D eigenvalue weighted by molar-refractivity contribution is 0.414. The molecule has 0 heterocycles. The van der Waals surface area contributed by atoms with E-state index in [2.05, 4.69) is 58.7 Å². The smallest absolute Gasteiger partial charge is 0.193 e. The zero-order chi connectivity index (χ0) is 17.2. The summed E-state index contributed by atoms with van der Waals surface area (Å²) in [7, 11) is 5.58. The van der Waals surface area contributed by atoms with Crippen molar-refractivity contribution in [3.8, 4) is 5.75 Å². The maximum Gasteiger partial charge on any atom is 0.193 e. The molecule has 4 nitrogen and oxygen atoms in total. The molecule has 0 atom stereocenters. The standard InChI is InChI=1S/C20H27N3O.HI/c1-21-20(23(2)16-18-8-5-4-6-9-18)22-15-7-10-17-11-13-19(24-3)14-12-17;/h4-6,8-9,11-14H,7,10,15-16H2,1-3H3,(H,21,22);1H. The minimum Gasteiger partial charge on any atom is -0.497 e. The van der Waals surface area contributed by atoms with E-state index in [-0.39, 0.29) is 24.0 Å². The average Bonchev–Trinajstić information content (AvgIpc) is 2.63. The van der Waals surface area contributed by atoms with E-state index in [1.54, 1.807) is 7.11 Å². The SMILES string of the molecule is CN=C(NCCCc1ccc(OC)cc1)N(C)Cc1ccccc1.I. The molecule has 0 bridgehead atoms. The molecule has 5 heteroatoms. The Balaban J connectivity index is 0.00000312. The van der Waals surface area contributed by atoms with Crippen LogP contribution in [-0.4, -0.2) is 38.6 Å². The minimum atomic E-state index is 0. The predicted molar refractivity (Wildman–Crippen MR) is 116 cm³/mol. The van der Waals surface area contributed by atoms with Crippen molar-refractivity contribution in [1.82, 2.24) is 10.2 Å². The van der Waals surface area contributed by atoms with Gasteiger partial charge in [-0.1, -0.05) is 42.5 Å². The number of guanidine groups is 1. The summed E-state index contributed by atoms with van der Waals surface area (Å²) >= 11 is 0. The Morgan fingerprint density at radius 1 is 1.04 bits per heavy atom. The van der Waals surface area contributed by atoms with Crippen LogP contribution < -0.4 is 10.1 Å². The van der Waals surface area contributed by atoms with Gasteiger partial charge in [-0.25, -0.2) is 0 Å². The van der Waals surface area contributed by atoms with Crippen LogP contribution in [0.1, 0.15) is 17.5 Å². The van der Waals surface area contributed by atoms with Crippen LogP contribution in [0.5, 0.6) is 5.75 Å². The van der Waals surface area contributed by atoms with Crippen molar-refractivity contribution < 1.29 is 4.74 Å². The molecule has 0 radical (unpaired) electrons. The minimum absolute atomic E-state index is 0. The molecular formula is C20H28IN3O. The number of halogens is 1. The number of hydrogen-bond donors (Lipinski definition) is 1. The van der Waals surface area contributed by atoms with Crippen LogP contribution in [-0.2, 0) is 13.0 Å². The molecule has 1 N–H and O–H groups in total. The Kier molecular flexibility index (Phi) is 9.99. The number of ether oxygens (including phenoxy) is 1. The Morgan fingerprint density at radius 2 is 1.72 bits per heavy atom. The third kappa shape index (κ3) is 7.34. The van der Waals surface area contributed by atoms with Crippen LogP contribution in [0.25, 0.3) is 0 Å². The average molecular weight is 453 g/mol. The van der Waals surface area contributed by atoms with Gasteiger partial charge in [0.1, 0.15) is 5.75 Å². The molecule has 25 heavy (non-hydrogen) atoms. The van der Waals surface area contributed by atoms with Crippen molar-refractivity contribution in [2.24, 2.45) is 4.99 Å². The summed E-state index contributed by atoms with van der Waals surface area (Å²) in [5, 5.41) is 3.43. The maximum atomic E-state index is 5.18. The summed E-state index contributed by atoms with van der Waals surface area (Å²) in [4.78, 5) is 6.51. The Hall–Kier alpha value is -1.76. The first-order valence-corrected chi connectivity index (χ1v) is 8.31. The van der Waals surface area contributed by atoms with Gasteiger partial charge in [-0.15, -0.1) is 24.0 Å². The fourth-order valence-corrected chi connectivity index (χ4v) is 2.60. The summed E-state index contributed by atoms with van der Waals surface area (Å²) in [5.41, 5.74) is 2.60. The van der Waals surface area contributed by atoms with Gasteiger partial charge in [0.15, 0.2) is 5.96 Å². The first-order valence-electron chi connectivity index (χ1n) is 8.31. The molecular weight excluding hydrogens is 425 g/mol. The fourth-order valence-electron chi connectivity index (χ4n) is 2.60. The van der Waals surface area contributed by atoms with E-state index in [4.69, 9.17) is 4.74 Å². The van der Waals surface area contributed by atoms with E-state index >= 15 is 0 Å².